The van der Waals surface area contributed by atoms with E-state index in [4.69, 9.17) is 4.42 Å². The SMILES string of the molecule is CCc1ccccc1NC(=O)CSc1nnc2n(Cc3ccco3)c(=O)c3sccc3n12. The molecule has 0 saturated carbocycles. The molecule has 0 aliphatic rings. The molecule has 4 heterocycles. The Kier molecular flexibility index (Phi) is 5.54. The zero-order chi connectivity index (χ0) is 22.1. The topological polar surface area (TPSA) is 94.4 Å². The summed E-state index contributed by atoms with van der Waals surface area (Å²) in [5, 5.41) is 13.9. The highest BCUT2D eigenvalue weighted by Gasteiger charge is 2.19. The van der Waals surface area contributed by atoms with Crippen molar-refractivity contribution < 1.29 is 9.21 Å². The smallest absolute Gasteiger partial charge is 0.273 e. The summed E-state index contributed by atoms with van der Waals surface area (Å²) >= 11 is 2.65. The van der Waals surface area contributed by atoms with Gasteiger partial charge in [-0.1, -0.05) is 36.9 Å². The van der Waals surface area contributed by atoms with Gasteiger partial charge in [0.15, 0.2) is 5.16 Å². The lowest BCUT2D eigenvalue weighted by Crippen LogP contribution is -2.23. The average molecular weight is 466 g/mol. The third-order valence-electron chi connectivity index (χ3n) is 5.08. The first-order valence-electron chi connectivity index (χ1n) is 10.0. The fraction of sp³-hybridized carbons (Fsp3) is 0.182. The Morgan fingerprint density at radius 3 is 2.88 bits per heavy atom. The van der Waals surface area contributed by atoms with Crippen molar-refractivity contribution in [1.29, 1.82) is 0 Å². The predicted molar refractivity (Wildman–Crippen MR) is 126 cm³/mol. The molecule has 10 heteroatoms. The molecule has 1 N–H and O–H groups in total. The molecule has 5 rings (SSSR count). The summed E-state index contributed by atoms with van der Waals surface area (Å²) in [6.45, 7) is 2.30. The highest BCUT2D eigenvalue weighted by Crippen LogP contribution is 2.25. The van der Waals surface area contributed by atoms with Gasteiger partial charge in [0.2, 0.25) is 11.7 Å². The summed E-state index contributed by atoms with van der Waals surface area (Å²) in [6, 6.07) is 13.2. The minimum Gasteiger partial charge on any atom is -0.467 e. The molecule has 8 nitrogen and oxygen atoms in total. The number of amides is 1. The van der Waals surface area contributed by atoms with Gasteiger partial charge in [-0.15, -0.1) is 21.5 Å². The molecule has 1 aromatic carbocycles. The summed E-state index contributed by atoms with van der Waals surface area (Å²) in [7, 11) is 0. The molecule has 32 heavy (non-hydrogen) atoms. The molecular formula is C22H19N5O3S2. The fourth-order valence-electron chi connectivity index (χ4n) is 3.56. The standard InChI is InChI=1S/C22H19N5O3S2/c1-2-14-6-3-4-8-16(14)23-18(28)13-32-22-25-24-21-26(12-15-7-5-10-30-15)20(29)19-17(27(21)22)9-11-31-19/h3-11H,2,12-13H2,1H3,(H,23,28). The van der Waals surface area contributed by atoms with E-state index in [-0.39, 0.29) is 23.8 Å². The first-order chi connectivity index (χ1) is 15.7. The first kappa shape index (κ1) is 20.5. The molecule has 0 radical (unpaired) electrons. The largest absolute Gasteiger partial charge is 0.467 e. The summed E-state index contributed by atoms with van der Waals surface area (Å²) in [5.74, 6) is 1.10. The molecule has 0 fully saturated rings. The number of hydrogen-bond acceptors (Lipinski definition) is 7. The molecular weight excluding hydrogens is 446 g/mol. The number of anilines is 1. The molecule has 4 aromatic heterocycles. The van der Waals surface area contributed by atoms with Crippen LogP contribution >= 0.6 is 23.1 Å². The van der Waals surface area contributed by atoms with Crippen molar-refractivity contribution in [3.8, 4) is 0 Å². The van der Waals surface area contributed by atoms with Gasteiger partial charge in [0, 0.05) is 5.69 Å². The Morgan fingerprint density at radius 2 is 2.06 bits per heavy atom. The van der Waals surface area contributed by atoms with Gasteiger partial charge < -0.3 is 9.73 Å². The lowest BCUT2D eigenvalue weighted by molar-refractivity contribution is -0.113. The Labute approximate surface area is 190 Å². The maximum absolute atomic E-state index is 13.0. The van der Waals surface area contributed by atoms with E-state index in [2.05, 4.69) is 22.4 Å². The number of thiophene rings is 1. The third kappa shape index (κ3) is 3.71. The molecule has 1 amide bonds. The minimum atomic E-state index is -0.142. The van der Waals surface area contributed by atoms with Crippen molar-refractivity contribution in [1.82, 2.24) is 19.2 Å². The van der Waals surface area contributed by atoms with Crippen LogP contribution < -0.4 is 10.9 Å². The maximum atomic E-state index is 13.0. The van der Waals surface area contributed by atoms with E-state index in [0.717, 1.165) is 23.2 Å². The van der Waals surface area contributed by atoms with E-state index in [9.17, 15) is 9.59 Å². The number of benzene rings is 1. The van der Waals surface area contributed by atoms with Crippen molar-refractivity contribution in [2.45, 2.75) is 25.0 Å². The second-order valence-corrected chi connectivity index (χ2v) is 8.93. The van der Waals surface area contributed by atoms with Crippen LogP contribution in [-0.4, -0.2) is 30.8 Å². The zero-order valence-electron chi connectivity index (χ0n) is 17.1. The van der Waals surface area contributed by atoms with Gasteiger partial charge in [-0.3, -0.25) is 18.6 Å². The summed E-state index contributed by atoms with van der Waals surface area (Å²) < 4.78 is 9.40. The number of carbonyl (C=O) groups is 1. The van der Waals surface area contributed by atoms with Crippen molar-refractivity contribution >= 4 is 50.7 Å². The number of thioether (sulfide) groups is 1. The Bertz CT molecular complexity index is 1470. The predicted octanol–water partition coefficient (Wildman–Crippen LogP) is 4.04. The Morgan fingerprint density at radius 1 is 1.19 bits per heavy atom. The van der Waals surface area contributed by atoms with Crippen molar-refractivity contribution in [2.24, 2.45) is 0 Å². The number of nitrogens with zero attached hydrogens (tertiary/aromatic N) is 4. The summed E-state index contributed by atoms with van der Waals surface area (Å²) in [5.41, 5.74) is 2.49. The Balaban J connectivity index is 1.45. The molecule has 0 atom stereocenters. The molecule has 5 aromatic rings. The van der Waals surface area contributed by atoms with E-state index >= 15 is 0 Å². The average Bonchev–Trinajstić information content (AvgIpc) is 3.56. The van der Waals surface area contributed by atoms with Crippen LogP contribution in [0.15, 0.2) is 68.5 Å². The highest BCUT2D eigenvalue weighted by molar-refractivity contribution is 7.99. The molecule has 0 aliphatic carbocycles. The molecule has 0 aliphatic heterocycles. The van der Waals surface area contributed by atoms with Gasteiger partial charge in [0.1, 0.15) is 10.5 Å². The molecule has 0 unspecified atom stereocenters. The van der Waals surface area contributed by atoms with Crippen LogP contribution in [0.1, 0.15) is 18.2 Å². The van der Waals surface area contributed by atoms with Gasteiger partial charge >= 0.3 is 0 Å². The number of aryl methyl sites for hydroxylation is 1. The van der Waals surface area contributed by atoms with E-state index < -0.39 is 0 Å². The van der Waals surface area contributed by atoms with Crippen LogP contribution in [-0.2, 0) is 17.8 Å². The number of carbonyl (C=O) groups excluding carboxylic acids is 1. The van der Waals surface area contributed by atoms with Gasteiger partial charge in [-0.25, -0.2) is 0 Å². The molecule has 0 spiro atoms. The molecule has 0 saturated heterocycles. The number of furan rings is 1. The van der Waals surface area contributed by atoms with E-state index in [1.54, 1.807) is 16.9 Å². The quantitative estimate of drug-likeness (QED) is 0.365. The van der Waals surface area contributed by atoms with Crippen LogP contribution in [0, 0.1) is 0 Å². The van der Waals surface area contributed by atoms with Crippen molar-refractivity contribution in [2.75, 3.05) is 11.1 Å². The second kappa shape index (κ2) is 8.64. The lowest BCUT2D eigenvalue weighted by Gasteiger charge is -2.10. The molecule has 162 valence electrons. The number of aromatic nitrogens is 4. The van der Waals surface area contributed by atoms with E-state index in [0.29, 0.717) is 21.4 Å². The minimum absolute atomic E-state index is 0.127. The van der Waals surface area contributed by atoms with E-state index in [1.165, 1.54) is 23.1 Å². The van der Waals surface area contributed by atoms with Crippen molar-refractivity contribution in [3.63, 3.8) is 0 Å². The zero-order valence-corrected chi connectivity index (χ0v) is 18.8. The summed E-state index contributed by atoms with van der Waals surface area (Å²) in [6.07, 6.45) is 2.41. The fourth-order valence-corrected chi connectivity index (χ4v) is 5.13. The van der Waals surface area contributed by atoms with Crippen LogP contribution in [0.25, 0.3) is 16.0 Å². The van der Waals surface area contributed by atoms with Crippen LogP contribution in [0.4, 0.5) is 5.69 Å². The monoisotopic (exact) mass is 465 g/mol. The number of nitrogens with one attached hydrogen (secondary N) is 1. The first-order valence-corrected chi connectivity index (χ1v) is 11.9. The summed E-state index contributed by atoms with van der Waals surface area (Å²) in [4.78, 5) is 25.7. The van der Waals surface area contributed by atoms with Gasteiger partial charge in [0.25, 0.3) is 5.56 Å². The van der Waals surface area contributed by atoms with Gasteiger partial charge in [-0.2, -0.15) is 0 Å². The second-order valence-electron chi connectivity index (χ2n) is 7.07. The molecule has 0 bridgehead atoms. The van der Waals surface area contributed by atoms with Crippen molar-refractivity contribution in [3.05, 3.63) is 75.8 Å². The van der Waals surface area contributed by atoms with E-state index in [1.807, 2.05) is 46.2 Å². The highest BCUT2D eigenvalue weighted by atomic mass is 32.2. The lowest BCUT2D eigenvalue weighted by atomic mass is 10.1. The van der Waals surface area contributed by atoms with Gasteiger partial charge in [-0.05, 0) is 41.6 Å². The third-order valence-corrected chi connectivity index (χ3v) is 6.90. The normalized spacial score (nSPS) is 11.4. The van der Waals surface area contributed by atoms with Crippen LogP contribution in [0.3, 0.4) is 0 Å². The number of para-hydroxylation sites is 1. The number of hydrogen-bond donors (Lipinski definition) is 1. The van der Waals surface area contributed by atoms with Gasteiger partial charge in [0.05, 0.1) is 24.1 Å². The number of rotatable bonds is 7. The number of fused-ring (bicyclic) bond motifs is 3. The maximum Gasteiger partial charge on any atom is 0.273 e. The Hall–Kier alpha value is -3.37. The van der Waals surface area contributed by atoms with Crippen LogP contribution in [0.2, 0.25) is 0 Å². The van der Waals surface area contributed by atoms with Crippen LogP contribution in [0.5, 0.6) is 0 Å².